The number of H-pyrrole nitrogens is 1. The molecular weight excluding hydrogens is 394 g/mol. The number of amides is 1. The number of rotatable bonds is 2. The van der Waals surface area contributed by atoms with E-state index in [0.29, 0.717) is 40.5 Å². The summed E-state index contributed by atoms with van der Waals surface area (Å²) in [6, 6.07) is 6.44. The maximum Gasteiger partial charge on any atom is 0.410 e. The summed E-state index contributed by atoms with van der Waals surface area (Å²) < 4.78 is 7.02. The Kier molecular flexibility index (Phi) is 4.82. The molecule has 1 saturated heterocycles. The van der Waals surface area contributed by atoms with Crippen LogP contribution >= 0.6 is 11.6 Å². The zero-order valence-electron chi connectivity index (χ0n) is 16.5. The molecule has 1 aliphatic rings. The molecule has 1 aliphatic heterocycles. The first-order chi connectivity index (χ1) is 13.8. The van der Waals surface area contributed by atoms with E-state index in [1.165, 1.54) is 4.57 Å². The van der Waals surface area contributed by atoms with E-state index in [9.17, 15) is 9.59 Å². The highest BCUT2D eigenvalue weighted by Crippen LogP contribution is 2.33. The molecule has 8 nitrogen and oxygen atoms in total. The molecule has 29 heavy (non-hydrogen) atoms. The molecule has 152 valence electrons. The van der Waals surface area contributed by atoms with Gasteiger partial charge in [0.1, 0.15) is 17.2 Å². The summed E-state index contributed by atoms with van der Waals surface area (Å²) in [6.07, 6.45) is 2.60. The van der Waals surface area contributed by atoms with E-state index in [-0.39, 0.29) is 5.56 Å². The summed E-state index contributed by atoms with van der Waals surface area (Å²) in [6.45, 7) is 6.01. The number of nitrogens with zero attached hydrogens (tertiary/aromatic N) is 4. The Labute approximate surface area is 172 Å². The number of carbonyl (C=O) groups excluding carboxylic acids is 1. The topological polar surface area (TPSA) is 93.1 Å². The van der Waals surface area contributed by atoms with Crippen LogP contribution in [0.4, 0.5) is 4.79 Å². The summed E-state index contributed by atoms with van der Waals surface area (Å²) in [7, 11) is 0. The average Bonchev–Trinajstić information content (AvgIpc) is 3.32. The highest BCUT2D eigenvalue weighted by molar-refractivity contribution is 6.35. The maximum atomic E-state index is 13.4. The lowest BCUT2D eigenvalue weighted by molar-refractivity contribution is 0.0216. The second-order valence-electron chi connectivity index (χ2n) is 8.02. The zero-order valence-corrected chi connectivity index (χ0v) is 17.2. The van der Waals surface area contributed by atoms with Gasteiger partial charge in [-0.2, -0.15) is 5.10 Å². The van der Waals surface area contributed by atoms with Crippen LogP contribution in [0.5, 0.6) is 0 Å². The van der Waals surface area contributed by atoms with Gasteiger partial charge in [-0.3, -0.25) is 14.8 Å². The van der Waals surface area contributed by atoms with Gasteiger partial charge in [0.05, 0.1) is 28.2 Å². The van der Waals surface area contributed by atoms with Crippen LogP contribution in [0.2, 0.25) is 5.02 Å². The van der Waals surface area contributed by atoms with Crippen molar-refractivity contribution in [2.75, 3.05) is 6.54 Å². The SMILES string of the molecule is CC(C)(C)OC(=O)N1CCCC1c1nc2cccc(Cl)c2c(=O)n1-c1ccn[nH]1. The van der Waals surface area contributed by atoms with Crippen LogP contribution in [0.1, 0.15) is 45.5 Å². The van der Waals surface area contributed by atoms with E-state index in [1.807, 2.05) is 20.8 Å². The maximum absolute atomic E-state index is 13.4. The van der Waals surface area contributed by atoms with Crippen LogP contribution in [0.25, 0.3) is 16.7 Å². The van der Waals surface area contributed by atoms with E-state index >= 15 is 0 Å². The Morgan fingerprint density at radius 2 is 2.10 bits per heavy atom. The number of hydrogen-bond donors (Lipinski definition) is 1. The predicted octanol–water partition coefficient (Wildman–Crippen LogP) is 3.83. The van der Waals surface area contributed by atoms with Crippen molar-refractivity contribution in [3.05, 3.63) is 51.7 Å². The molecule has 3 aromatic rings. The normalized spacial score (nSPS) is 17.1. The Morgan fingerprint density at radius 1 is 1.31 bits per heavy atom. The van der Waals surface area contributed by atoms with E-state index in [1.54, 1.807) is 35.4 Å². The van der Waals surface area contributed by atoms with Crippen LogP contribution in [-0.4, -0.2) is 42.9 Å². The molecule has 0 radical (unpaired) electrons. The molecule has 0 saturated carbocycles. The molecule has 0 bridgehead atoms. The van der Waals surface area contributed by atoms with E-state index in [2.05, 4.69) is 10.2 Å². The zero-order chi connectivity index (χ0) is 20.8. The number of ether oxygens (including phenoxy) is 1. The number of carbonyl (C=O) groups is 1. The molecule has 0 aliphatic carbocycles. The molecule has 1 aromatic carbocycles. The Morgan fingerprint density at radius 3 is 2.79 bits per heavy atom. The van der Waals surface area contributed by atoms with Crippen molar-refractivity contribution in [2.24, 2.45) is 0 Å². The average molecular weight is 416 g/mol. The second kappa shape index (κ2) is 7.18. The number of hydrogen-bond acceptors (Lipinski definition) is 5. The number of aromatic nitrogens is 4. The summed E-state index contributed by atoms with van der Waals surface area (Å²) in [5.41, 5.74) is -0.433. The quantitative estimate of drug-likeness (QED) is 0.686. The first-order valence-corrected chi connectivity index (χ1v) is 9.84. The van der Waals surface area contributed by atoms with Gasteiger partial charge in [-0.05, 0) is 45.7 Å². The van der Waals surface area contributed by atoms with Gasteiger partial charge < -0.3 is 4.74 Å². The molecule has 9 heteroatoms. The molecule has 1 atom stereocenters. The molecular formula is C20H22ClN5O3. The minimum absolute atomic E-state index is 0.309. The van der Waals surface area contributed by atoms with Gasteiger partial charge in [-0.25, -0.2) is 14.3 Å². The number of likely N-dealkylation sites (tertiary alicyclic amines) is 1. The Hall–Kier alpha value is -2.87. The van der Waals surface area contributed by atoms with Gasteiger partial charge in [0.15, 0.2) is 0 Å². The van der Waals surface area contributed by atoms with Gasteiger partial charge in [-0.15, -0.1) is 0 Å². The fourth-order valence-electron chi connectivity index (χ4n) is 3.61. The molecule has 1 fully saturated rings. The molecule has 2 aromatic heterocycles. The molecule has 1 N–H and O–H groups in total. The van der Waals surface area contributed by atoms with Crippen molar-refractivity contribution in [1.29, 1.82) is 0 Å². The van der Waals surface area contributed by atoms with Crippen LogP contribution in [0, 0.1) is 0 Å². The van der Waals surface area contributed by atoms with E-state index in [0.717, 1.165) is 6.42 Å². The molecule has 1 amide bonds. The largest absolute Gasteiger partial charge is 0.444 e. The van der Waals surface area contributed by atoms with Crippen molar-refractivity contribution in [3.63, 3.8) is 0 Å². The molecule has 0 spiro atoms. The van der Waals surface area contributed by atoms with Gasteiger partial charge in [-0.1, -0.05) is 17.7 Å². The number of nitrogens with one attached hydrogen (secondary N) is 1. The fourth-order valence-corrected chi connectivity index (χ4v) is 3.86. The third-order valence-corrected chi connectivity index (χ3v) is 5.09. The lowest BCUT2D eigenvalue weighted by Gasteiger charge is -2.29. The third-order valence-electron chi connectivity index (χ3n) is 4.78. The van der Waals surface area contributed by atoms with Crippen LogP contribution in [-0.2, 0) is 4.74 Å². The third kappa shape index (κ3) is 3.60. The predicted molar refractivity (Wildman–Crippen MR) is 109 cm³/mol. The summed E-state index contributed by atoms with van der Waals surface area (Å²) in [4.78, 5) is 32.6. The Bertz CT molecular complexity index is 1120. The van der Waals surface area contributed by atoms with E-state index < -0.39 is 17.7 Å². The van der Waals surface area contributed by atoms with Crippen molar-refractivity contribution in [2.45, 2.75) is 45.3 Å². The van der Waals surface area contributed by atoms with Gasteiger partial charge in [0.2, 0.25) is 0 Å². The summed E-state index contributed by atoms with van der Waals surface area (Å²) >= 11 is 6.30. The smallest absolute Gasteiger partial charge is 0.410 e. The van der Waals surface area contributed by atoms with Gasteiger partial charge in [0, 0.05) is 12.6 Å². The molecule has 1 unspecified atom stereocenters. The summed E-state index contributed by atoms with van der Waals surface area (Å²) in [5, 5.41) is 7.44. The van der Waals surface area contributed by atoms with Crippen LogP contribution in [0.15, 0.2) is 35.3 Å². The molecule has 3 heterocycles. The number of halogens is 1. The first kappa shape index (κ1) is 19.4. The first-order valence-electron chi connectivity index (χ1n) is 9.47. The number of aromatic amines is 1. The van der Waals surface area contributed by atoms with Crippen molar-refractivity contribution >= 4 is 28.6 Å². The lowest BCUT2D eigenvalue weighted by Crippen LogP contribution is -2.38. The summed E-state index contributed by atoms with van der Waals surface area (Å²) in [5.74, 6) is 0.924. The fraction of sp³-hybridized carbons (Fsp3) is 0.400. The number of fused-ring (bicyclic) bond motifs is 1. The Balaban J connectivity index is 1.90. The van der Waals surface area contributed by atoms with Gasteiger partial charge in [0.25, 0.3) is 5.56 Å². The molecule has 4 rings (SSSR count). The standard InChI is InChI=1S/C20H22ClN5O3/c1-20(2,3)29-19(28)25-11-5-8-14(25)17-23-13-7-4-6-12(21)16(13)18(27)26(17)15-9-10-22-24-15/h4,6-7,9-10,14H,5,8,11H2,1-3H3,(H,22,24). The monoisotopic (exact) mass is 415 g/mol. The van der Waals surface area contributed by atoms with Gasteiger partial charge >= 0.3 is 6.09 Å². The van der Waals surface area contributed by atoms with Crippen LogP contribution in [0.3, 0.4) is 0 Å². The lowest BCUT2D eigenvalue weighted by atomic mass is 10.1. The minimum atomic E-state index is -0.613. The highest BCUT2D eigenvalue weighted by atomic mass is 35.5. The second-order valence-corrected chi connectivity index (χ2v) is 8.43. The van der Waals surface area contributed by atoms with Crippen molar-refractivity contribution in [1.82, 2.24) is 24.6 Å². The van der Waals surface area contributed by atoms with E-state index in [4.69, 9.17) is 21.3 Å². The minimum Gasteiger partial charge on any atom is -0.444 e. The van der Waals surface area contributed by atoms with Crippen molar-refractivity contribution < 1.29 is 9.53 Å². The van der Waals surface area contributed by atoms with Crippen molar-refractivity contribution in [3.8, 4) is 5.82 Å². The number of benzene rings is 1. The van der Waals surface area contributed by atoms with Crippen LogP contribution < -0.4 is 5.56 Å². The highest BCUT2D eigenvalue weighted by Gasteiger charge is 2.36.